The smallest absolute Gasteiger partial charge is 0.137 e. The lowest BCUT2D eigenvalue weighted by atomic mass is 9.97. The molecule has 2 heterocycles. The number of pyridine rings is 1. The van der Waals surface area contributed by atoms with Crippen LogP contribution >= 0.6 is 0 Å². The maximum Gasteiger partial charge on any atom is 0.137 e. The summed E-state index contributed by atoms with van der Waals surface area (Å²) < 4.78 is 11.9. The third-order valence-electron chi connectivity index (χ3n) is 6.65. The summed E-state index contributed by atoms with van der Waals surface area (Å²) in [6.45, 7) is 8.20. The van der Waals surface area contributed by atoms with Gasteiger partial charge in [-0.05, 0) is 67.8 Å². The zero-order valence-electron chi connectivity index (χ0n) is 20.6. The van der Waals surface area contributed by atoms with Crippen molar-refractivity contribution in [1.82, 2.24) is 4.98 Å². The molecule has 0 amide bonds. The van der Waals surface area contributed by atoms with E-state index in [9.17, 15) is 0 Å². The molecule has 1 fully saturated rings. The Balaban J connectivity index is 1.56. The molecule has 1 aliphatic rings. The molecule has 176 valence electrons. The number of nitriles is 1. The number of para-hydroxylation sites is 1. The largest absolute Gasteiger partial charge is 0.495 e. The Hall–Kier alpha value is -3.88. The molecule has 35 heavy (non-hydrogen) atoms. The molecule has 2 atom stereocenters. The van der Waals surface area contributed by atoms with Crippen LogP contribution in [0.3, 0.4) is 0 Å². The van der Waals surface area contributed by atoms with E-state index >= 15 is 0 Å². The van der Waals surface area contributed by atoms with Crippen LogP contribution in [0.25, 0.3) is 33.2 Å². The second kappa shape index (κ2) is 9.40. The SMILES string of the molecule is COc1c(-c2ccc(N3CC(C)OC(C)C3)c(C)c2)cnc2c(-c3ccc(C#N)cc3)cccc12. The van der Waals surface area contributed by atoms with Crippen molar-refractivity contribution < 1.29 is 9.47 Å². The Morgan fingerprint density at radius 3 is 2.34 bits per heavy atom. The lowest BCUT2D eigenvalue weighted by molar-refractivity contribution is -0.00524. The topological polar surface area (TPSA) is 58.4 Å². The number of fused-ring (bicyclic) bond motifs is 1. The lowest BCUT2D eigenvalue weighted by Gasteiger charge is -2.37. The van der Waals surface area contributed by atoms with Crippen LogP contribution in [-0.2, 0) is 4.74 Å². The van der Waals surface area contributed by atoms with E-state index in [-0.39, 0.29) is 12.2 Å². The van der Waals surface area contributed by atoms with Gasteiger partial charge in [0.25, 0.3) is 0 Å². The third kappa shape index (κ3) is 4.34. The lowest BCUT2D eigenvalue weighted by Crippen LogP contribution is -2.45. The van der Waals surface area contributed by atoms with Gasteiger partial charge in [-0.2, -0.15) is 5.26 Å². The fraction of sp³-hybridized carbons (Fsp3) is 0.267. The number of nitrogens with zero attached hydrogens (tertiary/aromatic N) is 3. The van der Waals surface area contributed by atoms with Crippen molar-refractivity contribution in [3.63, 3.8) is 0 Å². The molecule has 5 heteroatoms. The molecule has 0 radical (unpaired) electrons. The van der Waals surface area contributed by atoms with Gasteiger partial charge in [0.15, 0.2) is 0 Å². The molecule has 5 rings (SSSR count). The number of ether oxygens (including phenoxy) is 2. The van der Waals surface area contributed by atoms with Crippen LogP contribution < -0.4 is 9.64 Å². The maximum absolute atomic E-state index is 9.12. The van der Waals surface area contributed by atoms with Crippen molar-refractivity contribution in [3.05, 3.63) is 78.0 Å². The summed E-state index contributed by atoms with van der Waals surface area (Å²) in [5.74, 6) is 0.811. The number of rotatable bonds is 4. The number of benzene rings is 3. The van der Waals surface area contributed by atoms with Crippen molar-refractivity contribution in [2.75, 3.05) is 25.1 Å². The van der Waals surface area contributed by atoms with Gasteiger partial charge in [0, 0.05) is 41.5 Å². The summed E-state index contributed by atoms with van der Waals surface area (Å²) in [6.07, 6.45) is 2.34. The quantitative estimate of drug-likeness (QED) is 0.352. The first-order chi connectivity index (χ1) is 17.0. The summed E-state index contributed by atoms with van der Waals surface area (Å²) in [6, 6.07) is 22.5. The number of aryl methyl sites for hydroxylation is 1. The Morgan fingerprint density at radius 2 is 1.69 bits per heavy atom. The molecular weight excluding hydrogens is 434 g/mol. The summed E-state index contributed by atoms with van der Waals surface area (Å²) >= 11 is 0. The summed E-state index contributed by atoms with van der Waals surface area (Å²) in [4.78, 5) is 7.29. The average molecular weight is 464 g/mol. The number of morpholine rings is 1. The molecule has 0 bridgehead atoms. The number of hydrogen-bond donors (Lipinski definition) is 0. The summed E-state index contributed by atoms with van der Waals surface area (Å²) in [5.41, 5.74) is 8.06. The van der Waals surface area contributed by atoms with Crippen molar-refractivity contribution >= 4 is 16.6 Å². The van der Waals surface area contributed by atoms with Crippen LogP contribution in [0, 0.1) is 18.3 Å². The molecule has 0 N–H and O–H groups in total. The highest BCUT2D eigenvalue weighted by atomic mass is 16.5. The standard InChI is InChI=1S/C30H29N3O2/c1-19-14-24(12-13-28(19)33-17-20(2)35-21(3)18-33)27-16-32-29-25(6-5-7-26(29)30(27)34-4)23-10-8-22(15-31)9-11-23/h5-14,16,20-21H,17-18H2,1-4H3. The van der Waals surface area contributed by atoms with Gasteiger partial charge in [0.05, 0.1) is 36.5 Å². The van der Waals surface area contributed by atoms with Gasteiger partial charge in [-0.15, -0.1) is 0 Å². The molecule has 1 aromatic heterocycles. The highest BCUT2D eigenvalue weighted by Gasteiger charge is 2.24. The second-order valence-corrected chi connectivity index (χ2v) is 9.26. The van der Waals surface area contributed by atoms with E-state index in [1.54, 1.807) is 7.11 Å². The maximum atomic E-state index is 9.12. The predicted octanol–water partition coefficient (Wildman–Crippen LogP) is 6.37. The average Bonchev–Trinajstić information content (AvgIpc) is 2.87. The molecule has 1 aliphatic heterocycles. The van der Waals surface area contributed by atoms with E-state index in [0.717, 1.165) is 52.0 Å². The van der Waals surface area contributed by atoms with Crippen molar-refractivity contribution in [2.45, 2.75) is 33.0 Å². The molecule has 0 aliphatic carbocycles. The first-order valence-electron chi connectivity index (χ1n) is 12.0. The molecule has 1 saturated heterocycles. The van der Waals surface area contributed by atoms with Crippen molar-refractivity contribution in [2.24, 2.45) is 0 Å². The molecule has 0 saturated carbocycles. The van der Waals surface area contributed by atoms with Gasteiger partial charge in [0.2, 0.25) is 0 Å². The highest BCUT2D eigenvalue weighted by molar-refractivity contribution is 6.00. The minimum atomic E-state index is 0.216. The molecular formula is C30H29N3O2. The van der Waals surface area contributed by atoms with Crippen LogP contribution in [0.15, 0.2) is 66.9 Å². The van der Waals surface area contributed by atoms with Crippen LogP contribution in [0.1, 0.15) is 25.0 Å². The fourth-order valence-corrected chi connectivity index (χ4v) is 5.13. The summed E-state index contributed by atoms with van der Waals surface area (Å²) in [5, 5.41) is 10.1. The van der Waals surface area contributed by atoms with E-state index < -0.39 is 0 Å². The monoisotopic (exact) mass is 463 g/mol. The Morgan fingerprint density at radius 1 is 0.971 bits per heavy atom. The van der Waals surface area contributed by atoms with E-state index in [1.807, 2.05) is 36.5 Å². The normalized spacial score (nSPS) is 17.9. The predicted molar refractivity (Wildman–Crippen MR) is 141 cm³/mol. The number of aromatic nitrogens is 1. The first-order valence-corrected chi connectivity index (χ1v) is 12.0. The van der Waals surface area contributed by atoms with Gasteiger partial charge < -0.3 is 14.4 Å². The molecule has 2 unspecified atom stereocenters. The molecule has 5 nitrogen and oxygen atoms in total. The molecule has 0 spiro atoms. The van der Waals surface area contributed by atoms with E-state index in [4.69, 9.17) is 19.7 Å². The minimum Gasteiger partial charge on any atom is -0.495 e. The van der Waals surface area contributed by atoms with Crippen LogP contribution in [0.4, 0.5) is 5.69 Å². The van der Waals surface area contributed by atoms with Gasteiger partial charge in [-0.1, -0.05) is 30.3 Å². The Bertz CT molecular complexity index is 1410. The Labute approximate surface area is 206 Å². The second-order valence-electron chi connectivity index (χ2n) is 9.26. The van der Waals surface area contributed by atoms with Crippen LogP contribution in [0.5, 0.6) is 5.75 Å². The zero-order valence-corrected chi connectivity index (χ0v) is 20.6. The van der Waals surface area contributed by atoms with Crippen molar-refractivity contribution in [3.8, 4) is 34.1 Å². The third-order valence-corrected chi connectivity index (χ3v) is 6.65. The minimum absolute atomic E-state index is 0.216. The van der Waals surface area contributed by atoms with E-state index in [1.165, 1.54) is 11.3 Å². The highest BCUT2D eigenvalue weighted by Crippen LogP contribution is 2.40. The molecule has 3 aromatic carbocycles. The Kier molecular flexibility index (Phi) is 6.15. The zero-order chi connectivity index (χ0) is 24.5. The van der Waals surface area contributed by atoms with E-state index in [2.05, 4.69) is 62.1 Å². The van der Waals surface area contributed by atoms with Crippen LogP contribution in [-0.4, -0.2) is 37.4 Å². The number of methoxy groups -OCH3 is 1. The van der Waals surface area contributed by atoms with E-state index in [0.29, 0.717) is 5.56 Å². The fourth-order valence-electron chi connectivity index (χ4n) is 5.13. The number of hydrogen-bond acceptors (Lipinski definition) is 5. The van der Waals surface area contributed by atoms with Crippen LogP contribution in [0.2, 0.25) is 0 Å². The van der Waals surface area contributed by atoms with Gasteiger partial charge in [-0.25, -0.2) is 0 Å². The van der Waals surface area contributed by atoms with Gasteiger partial charge >= 0.3 is 0 Å². The summed E-state index contributed by atoms with van der Waals surface area (Å²) in [7, 11) is 1.71. The first kappa shape index (κ1) is 22.9. The molecule has 4 aromatic rings. The number of anilines is 1. The van der Waals surface area contributed by atoms with Gasteiger partial charge in [0.1, 0.15) is 5.75 Å². The van der Waals surface area contributed by atoms with Crippen molar-refractivity contribution in [1.29, 1.82) is 5.26 Å². The van der Waals surface area contributed by atoms with Gasteiger partial charge in [-0.3, -0.25) is 4.98 Å².